The first-order valence-electron chi connectivity index (χ1n) is 4.66. The van der Waals surface area contributed by atoms with Gasteiger partial charge in [-0.3, -0.25) is 4.79 Å². The lowest BCUT2D eigenvalue weighted by molar-refractivity contribution is 0.0978. The summed E-state index contributed by atoms with van der Waals surface area (Å²) in [6.45, 7) is 3.08. The van der Waals surface area contributed by atoms with Crippen LogP contribution in [0.15, 0.2) is 24.3 Å². The summed E-state index contributed by atoms with van der Waals surface area (Å²) in [5, 5.41) is 0. The molecule has 0 heterocycles. The predicted octanol–water partition coefficient (Wildman–Crippen LogP) is 2.18. The van der Waals surface area contributed by atoms with E-state index in [1.54, 1.807) is 24.3 Å². The Bertz CT molecular complexity index is 501. The lowest BCUT2D eigenvalue weighted by Gasteiger charge is -2.18. The van der Waals surface area contributed by atoms with Gasteiger partial charge in [-0.25, -0.2) is 8.42 Å². The van der Waals surface area contributed by atoms with Crippen LogP contribution in [0.3, 0.4) is 0 Å². The molecule has 3 nitrogen and oxygen atoms in total. The molecule has 1 aromatic carbocycles. The second kappa shape index (κ2) is 4.18. The number of Topliss-reactive ketones (excluding diaryl/α,β-unsaturated/α-hetero) is 1. The number of carbonyl (C=O) groups is 1. The minimum Gasteiger partial charge on any atom is -0.291 e. The standard InChI is InChI=1S/C11H13ClO3S/c1-8-4-6-9(7-5-8)10(13)11(2,12)16(3,14)15/h4-7H,1-3H3/t11-/m0/s1. The van der Waals surface area contributed by atoms with E-state index in [1.165, 1.54) is 6.92 Å². The molecule has 0 bridgehead atoms. The molecule has 16 heavy (non-hydrogen) atoms. The molecule has 1 rings (SSSR count). The highest BCUT2D eigenvalue weighted by Crippen LogP contribution is 2.26. The van der Waals surface area contributed by atoms with Crippen molar-refractivity contribution in [1.82, 2.24) is 0 Å². The van der Waals surface area contributed by atoms with Gasteiger partial charge in [0, 0.05) is 11.8 Å². The predicted molar refractivity (Wildman–Crippen MR) is 64.6 cm³/mol. The third kappa shape index (κ3) is 2.44. The van der Waals surface area contributed by atoms with Gasteiger partial charge < -0.3 is 0 Å². The summed E-state index contributed by atoms with van der Waals surface area (Å²) in [6, 6.07) is 6.62. The summed E-state index contributed by atoms with van der Waals surface area (Å²) in [4.78, 5) is 11.9. The van der Waals surface area contributed by atoms with E-state index < -0.39 is 19.8 Å². The zero-order chi connectivity index (χ0) is 12.6. The Balaban J connectivity index is 3.18. The molecule has 0 spiro atoms. The summed E-state index contributed by atoms with van der Waals surface area (Å²) in [7, 11) is -3.64. The van der Waals surface area contributed by atoms with Crippen LogP contribution in [-0.2, 0) is 9.84 Å². The molecular weight excluding hydrogens is 248 g/mol. The summed E-state index contributed by atoms with van der Waals surface area (Å²) in [5.41, 5.74) is 1.29. The fourth-order valence-corrected chi connectivity index (χ4v) is 1.69. The first kappa shape index (κ1) is 13.2. The van der Waals surface area contributed by atoms with Crippen molar-refractivity contribution in [2.75, 3.05) is 6.26 Å². The molecule has 88 valence electrons. The van der Waals surface area contributed by atoms with Gasteiger partial charge in [0.15, 0.2) is 15.6 Å². The number of hydrogen-bond acceptors (Lipinski definition) is 3. The quantitative estimate of drug-likeness (QED) is 0.618. The maximum atomic E-state index is 11.9. The Morgan fingerprint density at radius 2 is 1.69 bits per heavy atom. The number of alkyl halides is 1. The maximum Gasteiger partial charge on any atom is 0.204 e. The molecule has 0 fully saturated rings. The van der Waals surface area contributed by atoms with Crippen LogP contribution < -0.4 is 0 Å². The van der Waals surface area contributed by atoms with Gasteiger partial charge in [-0.1, -0.05) is 41.4 Å². The number of ketones is 1. The van der Waals surface area contributed by atoms with Gasteiger partial charge in [-0.15, -0.1) is 0 Å². The topological polar surface area (TPSA) is 51.2 Å². The Morgan fingerprint density at radius 3 is 2.06 bits per heavy atom. The Hall–Kier alpha value is -0.870. The largest absolute Gasteiger partial charge is 0.291 e. The molecule has 0 N–H and O–H groups in total. The van der Waals surface area contributed by atoms with Crippen molar-refractivity contribution in [3.05, 3.63) is 35.4 Å². The number of hydrogen-bond donors (Lipinski definition) is 0. The molecule has 0 saturated carbocycles. The van der Waals surface area contributed by atoms with Crippen LogP contribution in [0.4, 0.5) is 0 Å². The van der Waals surface area contributed by atoms with Gasteiger partial charge >= 0.3 is 0 Å². The van der Waals surface area contributed by atoms with Crippen molar-refractivity contribution < 1.29 is 13.2 Å². The van der Waals surface area contributed by atoms with Crippen LogP contribution >= 0.6 is 11.6 Å². The van der Waals surface area contributed by atoms with Gasteiger partial charge in [0.1, 0.15) is 0 Å². The van der Waals surface area contributed by atoms with Crippen molar-refractivity contribution in [3.63, 3.8) is 0 Å². The van der Waals surface area contributed by atoms with Crippen LogP contribution in [0.2, 0.25) is 0 Å². The van der Waals surface area contributed by atoms with Crippen molar-refractivity contribution in [3.8, 4) is 0 Å². The number of rotatable bonds is 3. The number of sulfone groups is 1. The van der Waals surface area contributed by atoms with Crippen molar-refractivity contribution in [2.45, 2.75) is 18.1 Å². The molecule has 0 saturated heterocycles. The van der Waals surface area contributed by atoms with Gasteiger partial charge in [0.05, 0.1) is 0 Å². The summed E-state index contributed by atoms with van der Waals surface area (Å²) >= 11 is 5.80. The van der Waals surface area contributed by atoms with Crippen LogP contribution in [0.1, 0.15) is 22.8 Å². The number of halogens is 1. The molecule has 1 atom stereocenters. The highest BCUT2D eigenvalue weighted by atomic mass is 35.5. The summed E-state index contributed by atoms with van der Waals surface area (Å²) < 4.78 is 20.9. The molecule has 0 unspecified atom stereocenters. The van der Waals surface area contributed by atoms with E-state index in [4.69, 9.17) is 11.6 Å². The van der Waals surface area contributed by atoms with Crippen LogP contribution in [0.25, 0.3) is 0 Å². The fourth-order valence-electron chi connectivity index (χ4n) is 1.13. The van der Waals surface area contributed by atoms with E-state index >= 15 is 0 Å². The maximum absolute atomic E-state index is 11.9. The minimum absolute atomic E-state index is 0.300. The van der Waals surface area contributed by atoms with Crippen molar-refractivity contribution in [2.24, 2.45) is 0 Å². The Kier molecular flexibility index (Phi) is 3.45. The van der Waals surface area contributed by atoms with E-state index in [1.807, 2.05) is 6.92 Å². The Labute approximate surface area is 100 Å². The molecule has 0 aliphatic rings. The SMILES string of the molecule is Cc1ccc(C(=O)[C@@](C)(Cl)S(C)(=O)=O)cc1. The zero-order valence-electron chi connectivity index (χ0n) is 9.32. The van der Waals surface area contributed by atoms with Crippen LogP contribution in [0.5, 0.6) is 0 Å². The average molecular weight is 261 g/mol. The molecule has 1 aromatic rings. The molecule has 5 heteroatoms. The monoisotopic (exact) mass is 260 g/mol. The Morgan fingerprint density at radius 1 is 1.25 bits per heavy atom. The summed E-state index contributed by atoms with van der Waals surface area (Å²) in [5.74, 6) is -0.600. The van der Waals surface area contributed by atoms with Crippen LogP contribution in [0, 0.1) is 6.92 Å². The van der Waals surface area contributed by atoms with Crippen molar-refractivity contribution >= 4 is 27.2 Å². The second-order valence-electron chi connectivity index (χ2n) is 3.88. The van der Waals surface area contributed by atoms with E-state index in [0.29, 0.717) is 5.56 Å². The van der Waals surface area contributed by atoms with Crippen LogP contribution in [-0.4, -0.2) is 24.7 Å². The average Bonchev–Trinajstić information content (AvgIpc) is 2.16. The third-order valence-electron chi connectivity index (χ3n) is 2.42. The van der Waals surface area contributed by atoms with Gasteiger partial charge in [-0.05, 0) is 13.8 Å². The minimum atomic E-state index is -3.64. The van der Waals surface area contributed by atoms with Gasteiger partial charge in [0.25, 0.3) is 0 Å². The first-order chi connectivity index (χ1) is 7.16. The normalized spacial score (nSPS) is 15.5. The fraction of sp³-hybridized carbons (Fsp3) is 0.364. The molecule has 0 amide bonds. The lowest BCUT2D eigenvalue weighted by Crippen LogP contribution is -2.37. The molecule has 0 aliphatic carbocycles. The van der Waals surface area contributed by atoms with Gasteiger partial charge in [0.2, 0.25) is 4.21 Å². The number of benzene rings is 1. The molecule has 0 aromatic heterocycles. The summed E-state index contributed by atoms with van der Waals surface area (Å²) in [6.07, 6.45) is 0.950. The van der Waals surface area contributed by atoms with Crippen molar-refractivity contribution in [1.29, 1.82) is 0 Å². The van der Waals surface area contributed by atoms with Gasteiger partial charge in [-0.2, -0.15) is 0 Å². The second-order valence-corrected chi connectivity index (χ2v) is 7.22. The van der Waals surface area contributed by atoms with E-state index in [2.05, 4.69) is 0 Å². The highest BCUT2D eigenvalue weighted by molar-refractivity contribution is 7.94. The highest BCUT2D eigenvalue weighted by Gasteiger charge is 2.41. The number of aryl methyl sites for hydroxylation is 1. The molecule has 0 aliphatic heterocycles. The zero-order valence-corrected chi connectivity index (χ0v) is 10.9. The third-order valence-corrected chi connectivity index (χ3v) is 5.01. The number of carbonyl (C=O) groups excluding carboxylic acids is 1. The van der Waals surface area contributed by atoms with E-state index in [9.17, 15) is 13.2 Å². The van der Waals surface area contributed by atoms with E-state index in [-0.39, 0.29) is 0 Å². The first-order valence-corrected chi connectivity index (χ1v) is 6.93. The molecule has 0 radical (unpaired) electrons. The smallest absolute Gasteiger partial charge is 0.204 e. The molecular formula is C11H13ClO3S. The van der Waals surface area contributed by atoms with E-state index in [0.717, 1.165) is 11.8 Å². The lowest BCUT2D eigenvalue weighted by atomic mass is 10.1.